The van der Waals surface area contributed by atoms with E-state index in [9.17, 15) is 4.79 Å². The molecule has 4 aromatic rings. The number of amides is 1. The zero-order chi connectivity index (χ0) is 26.5. The number of ether oxygens (including phenoxy) is 1. The van der Waals surface area contributed by atoms with Crippen LogP contribution in [-0.4, -0.2) is 63.8 Å². The van der Waals surface area contributed by atoms with Crippen LogP contribution in [0.4, 0.5) is 0 Å². The average molecular weight is 517 g/mol. The van der Waals surface area contributed by atoms with Gasteiger partial charge in [0.05, 0.1) is 18.2 Å². The molecular weight excluding hydrogens is 480 g/mol. The zero-order valence-corrected chi connectivity index (χ0v) is 22.4. The van der Waals surface area contributed by atoms with Crippen molar-refractivity contribution in [1.29, 1.82) is 0 Å². The Morgan fingerprint density at radius 2 is 1.95 bits per heavy atom. The first-order chi connectivity index (χ1) is 18.5. The molecule has 1 aliphatic heterocycles. The van der Waals surface area contributed by atoms with E-state index in [1.165, 1.54) is 0 Å². The highest BCUT2D eigenvalue weighted by atomic mass is 16.5. The predicted molar refractivity (Wildman–Crippen MR) is 146 cm³/mol. The minimum Gasteiger partial charge on any atom is -0.495 e. The highest BCUT2D eigenvalue weighted by molar-refractivity contribution is 6.08. The Bertz CT molecular complexity index is 1360. The minimum absolute atomic E-state index is 0.0362. The van der Waals surface area contributed by atoms with Crippen LogP contribution in [0.1, 0.15) is 55.3 Å². The van der Waals surface area contributed by atoms with Crippen LogP contribution < -0.4 is 10.1 Å². The minimum atomic E-state index is -0.0362. The van der Waals surface area contributed by atoms with Crippen LogP contribution in [0.25, 0.3) is 22.3 Å². The molecule has 1 aromatic carbocycles. The first-order valence-corrected chi connectivity index (χ1v) is 13.4. The Balaban J connectivity index is 1.18. The number of benzene rings is 1. The van der Waals surface area contributed by atoms with E-state index in [0.717, 1.165) is 73.5 Å². The fourth-order valence-corrected chi connectivity index (χ4v) is 5.13. The molecule has 0 radical (unpaired) electrons. The Kier molecular flexibility index (Phi) is 8.03. The summed E-state index contributed by atoms with van der Waals surface area (Å²) in [6, 6.07) is 9.68. The molecule has 5 rings (SSSR count). The summed E-state index contributed by atoms with van der Waals surface area (Å²) in [5.74, 6) is 2.79. The third-order valence-electron chi connectivity index (χ3n) is 7.19. The van der Waals surface area contributed by atoms with Gasteiger partial charge in [-0.05, 0) is 63.0 Å². The molecule has 0 spiro atoms. The number of hydrogen-bond donors (Lipinski definition) is 1. The number of aromatic nitrogens is 4. The zero-order valence-electron chi connectivity index (χ0n) is 22.4. The highest BCUT2D eigenvalue weighted by Crippen LogP contribution is 2.31. The number of fused-ring (bicyclic) bond motifs is 1. The molecule has 200 valence electrons. The third kappa shape index (κ3) is 5.72. The van der Waals surface area contributed by atoms with Gasteiger partial charge in [-0.25, -0.2) is 0 Å². The lowest BCUT2D eigenvalue weighted by molar-refractivity contribution is 0.0950. The summed E-state index contributed by atoms with van der Waals surface area (Å²) in [6.45, 7) is 8.64. The smallest absolute Gasteiger partial charge is 0.253 e. The lowest BCUT2D eigenvalue weighted by atomic mass is 9.96. The Labute approximate surface area is 223 Å². The van der Waals surface area contributed by atoms with Crippen molar-refractivity contribution in [2.45, 2.75) is 45.6 Å². The Morgan fingerprint density at radius 1 is 1.16 bits per heavy atom. The van der Waals surface area contributed by atoms with Gasteiger partial charge >= 0.3 is 0 Å². The van der Waals surface area contributed by atoms with E-state index in [0.29, 0.717) is 29.8 Å². The van der Waals surface area contributed by atoms with E-state index >= 15 is 0 Å². The number of methoxy groups -OCH3 is 1. The standard InChI is InChI=1S/C29H36N6O3/c1-20(2)18-31-28(36)24-19-35(26-23(24)6-4-7-25(26)37-3)15-5-14-34-16-10-22(11-17-34)29-32-27(33-38-29)21-8-12-30-13-9-21/h4,6-9,12-13,19-20,22H,5,10-11,14-18H2,1-3H3,(H,31,36). The van der Waals surface area contributed by atoms with Gasteiger partial charge in [-0.15, -0.1) is 0 Å². The number of pyridine rings is 1. The number of nitrogens with one attached hydrogen (secondary N) is 1. The fraction of sp³-hybridized carbons (Fsp3) is 0.448. The van der Waals surface area contributed by atoms with Gasteiger partial charge in [-0.3, -0.25) is 9.78 Å². The maximum Gasteiger partial charge on any atom is 0.253 e. The number of para-hydroxylation sites is 1. The van der Waals surface area contributed by atoms with Gasteiger partial charge in [0.15, 0.2) is 0 Å². The van der Waals surface area contributed by atoms with E-state index in [2.05, 4.69) is 43.8 Å². The van der Waals surface area contributed by atoms with E-state index < -0.39 is 0 Å². The van der Waals surface area contributed by atoms with E-state index in [1.54, 1.807) is 19.5 Å². The van der Waals surface area contributed by atoms with Gasteiger partial charge in [0.25, 0.3) is 5.91 Å². The third-order valence-corrected chi connectivity index (χ3v) is 7.19. The molecule has 9 nitrogen and oxygen atoms in total. The molecule has 9 heteroatoms. The van der Waals surface area contributed by atoms with Gasteiger partial charge in [0, 0.05) is 48.5 Å². The van der Waals surface area contributed by atoms with Gasteiger partial charge in [-0.2, -0.15) is 4.98 Å². The summed E-state index contributed by atoms with van der Waals surface area (Å²) >= 11 is 0. The monoisotopic (exact) mass is 516 g/mol. The topological polar surface area (TPSA) is 98.3 Å². The lowest BCUT2D eigenvalue weighted by Crippen LogP contribution is -2.34. The number of piperidine rings is 1. The highest BCUT2D eigenvalue weighted by Gasteiger charge is 2.25. The van der Waals surface area contributed by atoms with E-state index in [1.807, 2.05) is 36.5 Å². The number of rotatable bonds is 10. The molecule has 3 aromatic heterocycles. The fourth-order valence-electron chi connectivity index (χ4n) is 5.13. The van der Waals surface area contributed by atoms with Crippen LogP contribution in [0.3, 0.4) is 0 Å². The van der Waals surface area contributed by atoms with Crippen molar-refractivity contribution in [3.05, 3.63) is 60.4 Å². The molecule has 1 amide bonds. The number of carbonyl (C=O) groups is 1. The lowest BCUT2D eigenvalue weighted by Gasteiger charge is -2.30. The quantitative estimate of drug-likeness (QED) is 0.325. The second kappa shape index (κ2) is 11.8. The SMILES string of the molecule is COc1cccc2c(C(=O)NCC(C)C)cn(CCCN3CCC(c4nc(-c5ccncc5)no4)CC3)c12. The molecule has 1 N–H and O–H groups in total. The van der Waals surface area contributed by atoms with Crippen molar-refractivity contribution in [3.63, 3.8) is 0 Å². The molecule has 0 aliphatic carbocycles. The average Bonchev–Trinajstić information content (AvgIpc) is 3.58. The second-order valence-corrected chi connectivity index (χ2v) is 10.4. The number of aryl methyl sites for hydroxylation is 1. The van der Waals surface area contributed by atoms with Crippen molar-refractivity contribution in [1.82, 2.24) is 29.9 Å². The summed E-state index contributed by atoms with van der Waals surface area (Å²) in [6.07, 6.45) is 8.42. The van der Waals surface area contributed by atoms with Crippen LogP contribution >= 0.6 is 0 Å². The number of nitrogens with zero attached hydrogens (tertiary/aromatic N) is 5. The second-order valence-electron chi connectivity index (χ2n) is 10.4. The first-order valence-electron chi connectivity index (χ1n) is 13.4. The molecule has 0 atom stereocenters. The maximum atomic E-state index is 12.9. The summed E-state index contributed by atoms with van der Waals surface area (Å²) in [4.78, 5) is 24.1. The van der Waals surface area contributed by atoms with E-state index in [-0.39, 0.29) is 5.91 Å². The summed E-state index contributed by atoms with van der Waals surface area (Å²) in [5, 5.41) is 8.15. The number of likely N-dealkylation sites (tertiary alicyclic amines) is 1. The van der Waals surface area contributed by atoms with Crippen LogP contribution in [0.15, 0.2) is 53.4 Å². The normalized spacial score (nSPS) is 14.8. The molecule has 38 heavy (non-hydrogen) atoms. The molecule has 0 unspecified atom stereocenters. The summed E-state index contributed by atoms with van der Waals surface area (Å²) in [7, 11) is 1.68. The van der Waals surface area contributed by atoms with Crippen molar-refractivity contribution in [2.24, 2.45) is 5.92 Å². The molecule has 4 heterocycles. The van der Waals surface area contributed by atoms with Gasteiger partial charge in [0.1, 0.15) is 5.75 Å². The van der Waals surface area contributed by atoms with Crippen molar-refractivity contribution >= 4 is 16.8 Å². The molecule has 1 fully saturated rings. The predicted octanol–water partition coefficient (Wildman–Crippen LogP) is 4.75. The number of hydrogen-bond acceptors (Lipinski definition) is 7. The maximum absolute atomic E-state index is 12.9. The van der Waals surface area contributed by atoms with Gasteiger partial charge in [0.2, 0.25) is 11.7 Å². The van der Waals surface area contributed by atoms with E-state index in [4.69, 9.17) is 9.26 Å². The van der Waals surface area contributed by atoms with Crippen molar-refractivity contribution in [3.8, 4) is 17.1 Å². The van der Waals surface area contributed by atoms with Crippen LogP contribution in [0, 0.1) is 5.92 Å². The van der Waals surface area contributed by atoms with Crippen LogP contribution in [0.2, 0.25) is 0 Å². The largest absolute Gasteiger partial charge is 0.495 e. The molecule has 1 aliphatic rings. The van der Waals surface area contributed by atoms with Crippen molar-refractivity contribution < 1.29 is 14.1 Å². The first kappa shape index (κ1) is 25.9. The summed E-state index contributed by atoms with van der Waals surface area (Å²) in [5.41, 5.74) is 2.60. The molecule has 0 saturated carbocycles. The molecule has 1 saturated heterocycles. The Morgan fingerprint density at radius 3 is 2.68 bits per heavy atom. The van der Waals surface area contributed by atoms with Crippen LogP contribution in [0.5, 0.6) is 5.75 Å². The number of carbonyl (C=O) groups excluding carboxylic acids is 1. The molecular formula is C29H36N6O3. The van der Waals surface area contributed by atoms with Crippen LogP contribution in [-0.2, 0) is 6.54 Å². The Hall–Kier alpha value is -3.72. The van der Waals surface area contributed by atoms with Gasteiger partial charge < -0.3 is 24.0 Å². The summed E-state index contributed by atoms with van der Waals surface area (Å²) < 4.78 is 13.4. The van der Waals surface area contributed by atoms with Crippen molar-refractivity contribution in [2.75, 3.05) is 33.3 Å². The molecule has 0 bridgehead atoms. The van der Waals surface area contributed by atoms with Gasteiger partial charge in [-0.1, -0.05) is 31.1 Å².